The molecule has 16 heavy (non-hydrogen) atoms. The van der Waals surface area contributed by atoms with Gasteiger partial charge in [0.05, 0.1) is 6.61 Å². The van der Waals surface area contributed by atoms with Crippen LogP contribution in [0.1, 0.15) is 12.5 Å². The van der Waals surface area contributed by atoms with Gasteiger partial charge in [0.15, 0.2) is 0 Å². The lowest BCUT2D eigenvalue weighted by Crippen LogP contribution is -2.10. The van der Waals surface area contributed by atoms with Crippen LogP contribution in [0.5, 0.6) is 5.75 Å². The Morgan fingerprint density at radius 3 is 2.88 bits per heavy atom. The smallest absolute Gasteiger partial charge is 0.434 e. The number of carbonyl (C=O) groups excluding carboxylic acids is 1. The maximum Gasteiger partial charge on any atom is 0.513 e. The van der Waals surface area contributed by atoms with Gasteiger partial charge >= 0.3 is 6.16 Å². The van der Waals surface area contributed by atoms with Crippen LogP contribution in [0.15, 0.2) is 43.0 Å². The molecule has 3 heteroatoms. The lowest BCUT2D eigenvalue weighted by atomic mass is 10.2. The molecule has 1 rings (SSSR count). The first-order valence-electron chi connectivity index (χ1n) is 5.00. The monoisotopic (exact) mass is 218 g/mol. The van der Waals surface area contributed by atoms with Crippen LogP contribution in [0.3, 0.4) is 0 Å². The topological polar surface area (TPSA) is 35.5 Å². The molecule has 0 aliphatic heterocycles. The molecule has 1 aromatic carbocycles. The van der Waals surface area contributed by atoms with Crippen LogP contribution in [0, 0.1) is 0 Å². The van der Waals surface area contributed by atoms with E-state index in [9.17, 15) is 4.79 Å². The highest BCUT2D eigenvalue weighted by Crippen LogP contribution is 2.19. The fraction of sp³-hybridized carbons (Fsp3) is 0.154. The molecule has 84 valence electrons. The third kappa shape index (κ3) is 3.61. The second-order valence-electron chi connectivity index (χ2n) is 2.92. The van der Waals surface area contributed by atoms with Crippen molar-refractivity contribution in [3.8, 4) is 5.75 Å². The summed E-state index contributed by atoms with van der Waals surface area (Å²) in [4.78, 5) is 11.1. The van der Waals surface area contributed by atoms with Gasteiger partial charge in [0.25, 0.3) is 0 Å². The summed E-state index contributed by atoms with van der Waals surface area (Å²) in [6.45, 7) is 5.60. The van der Waals surface area contributed by atoms with E-state index in [-0.39, 0.29) is 0 Å². The van der Waals surface area contributed by atoms with Gasteiger partial charge in [-0.3, -0.25) is 0 Å². The van der Waals surface area contributed by atoms with Crippen molar-refractivity contribution in [2.75, 3.05) is 6.61 Å². The molecule has 0 bridgehead atoms. The Morgan fingerprint density at radius 2 is 2.19 bits per heavy atom. The zero-order valence-electron chi connectivity index (χ0n) is 9.18. The highest BCUT2D eigenvalue weighted by atomic mass is 16.7. The van der Waals surface area contributed by atoms with Gasteiger partial charge in [-0.1, -0.05) is 43.0 Å². The van der Waals surface area contributed by atoms with E-state index in [1.807, 2.05) is 18.2 Å². The minimum Gasteiger partial charge on any atom is -0.434 e. The van der Waals surface area contributed by atoms with E-state index in [0.29, 0.717) is 12.4 Å². The van der Waals surface area contributed by atoms with Gasteiger partial charge in [-0.25, -0.2) is 4.79 Å². The van der Waals surface area contributed by atoms with Crippen molar-refractivity contribution in [3.05, 3.63) is 48.6 Å². The minimum atomic E-state index is -0.693. The average Bonchev–Trinajstić information content (AvgIpc) is 2.28. The summed E-state index contributed by atoms with van der Waals surface area (Å²) < 4.78 is 9.74. The second kappa shape index (κ2) is 6.45. The molecule has 0 atom stereocenters. The average molecular weight is 218 g/mol. The quantitative estimate of drug-likeness (QED) is 0.441. The number of allylic oxidation sites excluding steroid dienone is 2. The third-order valence-corrected chi connectivity index (χ3v) is 1.79. The Labute approximate surface area is 95.0 Å². The van der Waals surface area contributed by atoms with Crippen molar-refractivity contribution in [2.45, 2.75) is 6.92 Å². The van der Waals surface area contributed by atoms with Crippen molar-refractivity contribution < 1.29 is 14.3 Å². The Kier molecular flexibility index (Phi) is 4.86. The van der Waals surface area contributed by atoms with Crippen molar-refractivity contribution in [1.29, 1.82) is 0 Å². The minimum absolute atomic E-state index is 0.295. The maximum absolute atomic E-state index is 11.1. The summed E-state index contributed by atoms with van der Waals surface area (Å²) in [6, 6.07) is 7.20. The molecular weight excluding hydrogens is 204 g/mol. The van der Waals surface area contributed by atoms with E-state index < -0.39 is 6.16 Å². The van der Waals surface area contributed by atoms with E-state index in [4.69, 9.17) is 9.47 Å². The molecule has 0 radical (unpaired) electrons. The zero-order valence-corrected chi connectivity index (χ0v) is 9.18. The molecule has 0 aromatic heterocycles. The molecule has 3 nitrogen and oxygen atoms in total. The van der Waals surface area contributed by atoms with E-state index >= 15 is 0 Å². The predicted octanol–water partition coefficient (Wildman–Crippen LogP) is 3.42. The van der Waals surface area contributed by atoms with Crippen LogP contribution < -0.4 is 4.74 Å². The summed E-state index contributed by atoms with van der Waals surface area (Å²) in [7, 11) is 0. The number of rotatable bonds is 4. The van der Waals surface area contributed by atoms with Crippen LogP contribution >= 0.6 is 0 Å². The van der Waals surface area contributed by atoms with E-state index in [0.717, 1.165) is 5.56 Å². The van der Waals surface area contributed by atoms with Crippen LogP contribution in [0.25, 0.3) is 6.08 Å². The van der Waals surface area contributed by atoms with E-state index in [1.54, 1.807) is 31.2 Å². The number of hydrogen-bond donors (Lipinski definition) is 0. The maximum atomic E-state index is 11.1. The number of hydrogen-bond acceptors (Lipinski definition) is 3. The summed E-state index contributed by atoms with van der Waals surface area (Å²) >= 11 is 0. The summed E-state index contributed by atoms with van der Waals surface area (Å²) in [6.07, 6.45) is 4.54. The standard InChI is InChI=1S/C13H14O3/c1-3-5-8-11-9-6-7-10-12(11)16-13(14)15-4-2/h3,5-10H,1,4H2,2H3/b8-5+. The SMILES string of the molecule is C=C/C=C/c1ccccc1OC(=O)OCC. The largest absolute Gasteiger partial charge is 0.513 e. The number of ether oxygens (including phenoxy) is 2. The van der Waals surface area contributed by atoms with Gasteiger partial charge in [0, 0.05) is 5.56 Å². The molecule has 0 aliphatic carbocycles. The molecule has 0 saturated carbocycles. The van der Waals surface area contributed by atoms with Crippen molar-refractivity contribution in [2.24, 2.45) is 0 Å². The summed E-state index contributed by atoms with van der Waals surface area (Å²) in [5.41, 5.74) is 0.801. The fourth-order valence-electron chi connectivity index (χ4n) is 1.12. The second-order valence-corrected chi connectivity index (χ2v) is 2.92. The lowest BCUT2D eigenvalue weighted by Gasteiger charge is -2.06. The highest BCUT2D eigenvalue weighted by Gasteiger charge is 2.07. The third-order valence-electron chi connectivity index (χ3n) is 1.79. The molecule has 0 fully saturated rings. The highest BCUT2D eigenvalue weighted by molar-refractivity contribution is 5.68. The van der Waals surface area contributed by atoms with Crippen LogP contribution in [0.4, 0.5) is 4.79 Å². The molecule has 0 heterocycles. The van der Waals surface area contributed by atoms with Gasteiger partial charge in [-0.2, -0.15) is 0 Å². The number of para-hydroxylation sites is 1. The summed E-state index contributed by atoms with van der Waals surface area (Å²) in [5, 5.41) is 0. The molecular formula is C13H14O3. The van der Waals surface area contributed by atoms with Crippen LogP contribution in [0.2, 0.25) is 0 Å². The van der Waals surface area contributed by atoms with Gasteiger partial charge < -0.3 is 9.47 Å². The van der Waals surface area contributed by atoms with Crippen LogP contribution in [-0.4, -0.2) is 12.8 Å². The Hall–Kier alpha value is -2.03. The normalized spacial score (nSPS) is 10.1. The zero-order chi connectivity index (χ0) is 11.8. The molecule has 0 N–H and O–H groups in total. The summed E-state index contributed by atoms with van der Waals surface area (Å²) in [5.74, 6) is 0.471. The van der Waals surface area contributed by atoms with Gasteiger partial charge in [-0.15, -0.1) is 0 Å². The Morgan fingerprint density at radius 1 is 1.44 bits per heavy atom. The predicted molar refractivity (Wildman–Crippen MR) is 63.3 cm³/mol. The lowest BCUT2D eigenvalue weighted by molar-refractivity contribution is 0.104. The Balaban J connectivity index is 2.82. The van der Waals surface area contributed by atoms with E-state index in [2.05, 4.69) is 6.58 Å². The number of benzene rings is 1. The number of carbonyl (C=O) groups is 1. The van der Waals surface area contributed by atoms with Crippen molar-refractivity contribution in [3.63, 3.8) is 0 Å². The molecule has 0 amide bonds. The van der Waals surface area contributed by atoms with Gasteiger partial charge in [0.1, 0.15) is 5.75 Å². The first kappa shape index (κ1) is 12.0. The van der Waals surface area contributed by atoms with E-state index in [1.165, 1.54) is 0 Å². The first-order valence-corrected chi connectivity index (χ1v) is 5.00. The van der Waals surface area contributed by atoms with Crippen molar-refractivity contribution >= 4 is 12.2 Å². The fourth-order valence-corrected chi connectivity index (χ4v) is 1.12. The van der Waals surface area contributed by atoms with Crippen LogP contribution in [-0.2, 0) is 4.74 Å². The first-order chi connectivity index (χ1) is 7.77. The molecule has 0 aliphatic rings. The van der Waals surface area contributed by atoms with Gasteiger partial charge in [-0.05, 0) is 13.0 Å². The Bertz CT molecular complexity index is 394. The molecule has 1 aromatic rings. The molecule has 0 unspecified atom stereocenters. The van der Waals surface area contributed by atoms with Gasteiger partial charge in [0.2, 0.25) is 0 Å². The van der Waals surface area contributed by atoms with Crippen molar-refractivity contribution in [1.82, 2.24) is 0 Å². The molecule has 0 spiro atoms. The molecule has 0 saturated heterocycles.